The summed E-state index contributed by atoms with van der Waals surface area (Å²) in [5, 5.41) is 5.36. The van der Waals surface area contributed by atoms with E-state index in [9.17, 15) is 9.59 Å². The number of nitrogens with one attached hydrogen (secondary N) is 2. The number of furan rings is 2. The smallest absolute Gasteiger partial charge is 0.235 e. The van der Waals surface area contributed by atoms with Crippen molar-refractivity contribution in [3.8, 4) is 0 Å². The van der Waals surface area contributed by atoms with E-state index in [4.69, 9.17) is 8.83 Å². The lowest BCUT2D eigenvalue weighted by Crippen LogP contribution is -2.47. The lowest BCUT2D eigenvalue weighted by molar-refractivity contribution is -0.141. The summed E-state index contributed by atoms with van der Waals surface area (Å²) in [6.07, 6.45) is 3.06. The van der Waals surface area contributed by atoms with Crippen LogP contribution in [0.1, 0.15) is 25.4 Å². The van der Waals surface area contributed by atoms with E-state index in [2.05, 4.69) is 10.6 Å². The average molecular weight is 290 g/mol. The van der Waals surface area contributed by atoms with Crippen LogP contribution in [0.25, 0.3) is 0 Å². The van der Waals surface area contributed by atoms with Gasteiger partial charge in [-0.25, -0.2) is 0 Å². The van der Waals surface area contributed by atoms with Gasteiger partial charge in [0, 0.05) is 0 Å². The maximum absolute atomic E-state index is 12.1. The summed E-state index contributed by atoms with van der Waals surface area (Å²) in [6.45, 7) is 3.64. The highest BCUT2D eigenvalue weighted by Crippen LogP contribution is 2.16. The normalized spacial score (nSPS) is 11.1. The van der Waals surface area contributed by atoms with Crippen molar-refractivity contribution < 1.29 is 18.4 Å². The molecule has 0 spiro atoms. The zero-order valence-electron chi connectivity index (χ0n) is 12.0. The third kappa shape index (κ3) is 3.75. The summed E-state index contributed by atoms with van der Waals surface area (Å²) in [6, 6.07) is 6.99. The van der Waals surface area contributed by atoms with Crippen LogP contribution in [0.2, 0.25) is 0 Å². The van der Waals surface area contributed by atoms with Gasteiger partial charge in [0.05, 0.1) is 25.6 Å². The fourth-order valence-corrected chi connectivity index (χ4v) is 1.71. The minimum atomic E-state index is -1.18. The summed E-state index contributed by atoms with van der Waals surface area (Å²) < 4.78 is 10.3. The maximum Gasteiger partial charge on any atom is 0.235 e. The van der Waals surface area contributed by atoms with E-state index >= 15 is 0 Å². The van der Waals surface area contributed by atoms with Gasteiger partial charge in [-0.05, 0) is 38.1 Å². The molecule has 0 aromatic carbocycles. The van der Waals surface area contributed by atoms with Crippen LogP contribution in [0.5, 0.6) is 0 Å². The van der Waals surface area contributed by atoms with Gasteiger partial charge >= 0.3 is 0 Å². The molecular formula is C15H18N2O4. The second kappa shape index (κ2) is 6.30. The lowest BCUT2D eigenvalue weighted by Gasteiger charge is -2.22. The van der Waals surface area contributed by atoms with Crippen molar-refractivity contribution in [1.29, 1.82) is 0 Å². The first kappa shape index (κ1) is 14.9. The Balaban J connectivity index is 1.86. The molecule has 0 fully saturated rings. The summed E-state index contributed by atoms with van der Waals surface area (Å²) in [4.78, 5) is 24.3. The molecule has 0 aliphatic heterocycles. The van der Waals surface area contributed by atoms with Crippen LogP contribution in [-0.2, 0) is 22.7 Å². The van der Waals surface area contributed by atoms with Gasteiger partial charge in [-0.2, -0.15) is 0 Å². The molecule has 2 aromatic rings. The Kier molecular flexibility index (Phi) is 4.47. The summed E-state index contributed by atoms with van der Waals surface area (Å²) in [7, 11) is 0. The van der Waals surface area contributed by atoms with E-state index in [1.165, 1.54) is 12.5 Å². The highest BCUT2D eigenvalue weighted by molar-refractivity contribution is 6.04. The molecule has 0 saturated heterocycles. The minimum absolute atomic E-state index is 0.251. The Labute approximate surface area is 122 Å². The summed E-state index contributed by atoms with van der Waals surface area (Å²) in [5.74, 6) is 0.539. The average Bonchev–Trinajstić information content (AvgIpc) is 3.14. The first-order valence-corrected chi connectivity index (χ1v) is 6.61. The molecular weight excluding hydrogens is 272 g/mol. The Bertz CT molecular complexity index is 533. The second-order valence-corrected chi connectivity index (χ2v) is 5.15. The molecule has 21 heavy (non-hydrogen) atoms. The Morgan fingerprint density at radius 1 is 0.952 bits per heavy atom. The Hall–Kier alpha value is -2.50. The molecule has 2 N–H and O–H groups in total. The summed E-state index contributed by atoms with van der Waals surface area (Å²) in [5.41, 5.74) is -1.18. The van der Waals surface area contributed by atoms with Crippen LogP contribution in [0, 0.1) is 5.41 Å². The maximum atomic E-state index is 12.1. The third-order valence-corrected chi connectivity index (χ3v) is 3.14. The highest BCUT2D eigenvalue weighted by atomic mass is 16.3. The number of rotatable bonds is 6. The highest BCUT2D eigenvalue weighted by Gasteiger charge is 2.35. The molecule has 2 rings (SSSR count). The van der Waals surface area contributed by atoms with E-state index in [-0.39, 0.29) is 24.9 Å². The number of amides is 2. The lowest BCUT2D eigenvalue weighted by atomic mass is 9.91. The van der Waals surface area contributed by atoms with Crippen molar-refractivity contribution in [2.75, 3.05) is 0 Å². The van der Waals surface area contributed by atoms with Gasteiger partial charge < -0.3 is 19.5 Å². The largest absolute Gasteiger partial charge is 0.467 e. The van der Waals surface area contributed by atoms with Crippen molar-refractivity contribution in [2.24, 2.45) is 5.41 Å². The molecule has 2 heterocycles. The molecule has 2 amide bonds. The van der Waals surface area contributed by atoms with Crippen LogP contribution >= 0.6 is 0 Å². The van der Waals surface area contributed by atoms with E-state index in [0.717, 1.165) is 0 Å². The number of hydrogen-bond acceptors (Lipinski definition) is 4. The molecule has 0 radical (unpaired) electrons. The first-order valence-electron chi connectivity index (χ1n) is 6.61. The third-order valence-electron chi connectivity index (χ3n) is 3.14. The number of carbonyl (C=O) groups is 2. The second-order valence-electron chi connectivity index (χ2n) is 5.15. The molecule has 0 atom stereocenters. The predicted molar refractivity (Wildman–Crippen MR) is 74.9 cm³/mol. The molecule has 0 bridgehead atoms. The van der Waals surface area contributed by atoms with Gasteiger partial charge in [-0.3, -0.25) is 9.59 Å². The zero-order valence-corrected chi connectivity index (χ0v) is 12.0. The van der Waals surface area contributed by atoms with Gasteiger partial charge in [-0.15, -0.1) is 0 Å². The van der Waals surface area contributed by atoms with Crippen LogP contribution < -0.4 is 10.6 Å². The molecule has 6 heteroatoms. The zero-order chi connectivity index (χ0) is 15.3. The molecule has 0 saturated carbocycles. The van der Waals surface area contributed by atoms with E-state index in [0.29, 0.717) is 11.5 Å². The Morgan fingerprint density at radius 2 is 1.38 bits per heavy atom. The van der Waals surface area contributed by atoms with Crippen molar-refractivity contribution >= 4 is 11.8 Å². The van der Waals surface area contributed by atoms with Gasteiger partial charge in [0.2, 0.25) is 11.8 Å². The topological polar surface area (TPSA) is 84.5 Å². The standard InChI is InChI=1S/C15H18N2O4/c1-15(2,13(18)16-9-11-5-3-7-20-11)14(19)17-10-12-6-4-8-21-12/h3-8H,9-10H2,1-2H3,(H,16,18)(H,17,19). The van der Waals surface area contributed by atoms with Crippen molar-refractivity contribution in [1.82, 2.24) is 10.6 Å². The van der Waals surface area contributed by atoms with E-state index < -0.39 is 5.41 Å². The van der Waals surface area contributed by atoms with Crippen LogP contribution in [-0.4, -0.2) is 11.8 Å². The SMILES string of the molecule is CC(C)(C(=O)NCc1ccco1)C(=O)NCc1ccco1. The Morgan fingerprint density at radius 3 is 1.71 bits per heavy atom. The van der Waals surface area contributed by atoms with Gasteiger partial charge in [0.25, 0.3) is 0 Å². The van der Waals surface area contributed by atoms with Gasteiger partial charge in [0.15, 0.2) is 0 Å². The van der Waals surface area contributed by atoms with Crippen molar-refractivity contribution in [3.63, 3.8) is 0 Å². The first-order chi connectivity index (χ1) is 10.00. The van der Waals surface area contributed by atoms with Crippen LogP contribution in [0.3, 0.4) is 0 Å². The van der Waals surface area contributed by atoms with Crippen LogP contribution in [0.4, 0.5) is 0 Å². The predicted octanol–water partition coefficient (Wildman–Crippen LogP) is 1.83. The minimum Gasteiger partial charge on any atom is -0.467 e. The van der Waals surface area contributed by atoms with Crippen LogP contribution in [0.15, 0.2) is 45.6 Å². The molecule has 0 aliphatic carbocycles. The molecule has 6 nitrogen and oxygen atoms in total. The molecule has 112 valence electrons. The van der Waals surface area contributed by atoms with E-state index in [1.54, 1.807) is 38.1 Å². The molecule has 0 aliphatic rings. The van der Waals surface area contributed by atoms with Gasteiger partial charge in [-0.1, -0.05) is 0 Å². The van der Waals surface area contributed by atoms with Crippen molar-refractivity contribution in [3.05, 3.63) is 48.3 Å². The summed E-state index contributed by atoms with van der Waals surface area (Å²) >= 11 is 0. The number of hydrogen-bond donors (Lipinski definition) is 2. The molecule has 2 aromatic heterocycles. The fourth-order valence-electron chi connectivity index (χ4n) is 1.71. The monoisotopic (exact) mass is 290 g/mol. The van der Waals surface area contributed by atoms with Crippen molar-refractivity contribution in [2.45, 2.75) is 26.9 Å². The quantitative estimate of drug-likeness (QED) is 0.795. The van der Waals surface area contributed by atoms with E-state index in [1.807, 2.05) is 0 Å². The molecule has 0 unspecified atom stereocenters. The fraction of sp³-hybridized carbons (Fsp3) is 0.333. The number of carbonyl (C=O) groups excluding carboxylic acids is 2. The van der Waals surface area contributed by atoms with Gasteiger partial charge in [0.1, 0.15) is 16.9 Å².